The van der Waals surface area contributed by atoms with Crippen molar-refractivity contribution in [2.45, 2.75) is 17.9 Å². The predicted octanol–water partition coefficient (Wildman–Crippen LogP) is 2.30. The van der Waals surface area contributed by atoms with Gasteiger partial charge in [0.05, 0.1) is 17.7 Å². The molecule has 0 aliphatic rings. The van der Waals surface area contributed by atoms with Crippen LogP contribution in [0.3, 0.4) is 0 Å². The van der Waals surface area contributed by atoms with E-state index in [4.69, 9.17) is 22.2 Å². The van der Waals surface area contributed by atoms with Crippen LogP contribution >= 0.6 is 23.4 Å². The van der Waals surface area contributed by atoms with Crippen molar-refractivity contribution < 1.29 is 4.74 Å². The van der Waals surface area contributed by atoms with Crippen molar-refractivity contribution in [1.29, 1.82) is 0 Å². The van der Waals surface area contributed by atoms with Gasteiger partial charge in [-0.15, -0.1) is 11.8 Å². The topological polar surface area (TPSA) is 47.3 Å². The molecule has 0 bridgehead atoms. The molecule has 0 fully saturated rings. The maximum absolute atomic E-state index is 6.05. The van der Waals surface area contributed by atoms with Gasteiger partial charge in [0, 0.05) is 17.3 Å². The molecule has 90 valence electrons. The summed E-state index contributed by atoms with van der Waals surface area (Å²) >= 11 is 7.73. The number of thioether (sulfide) groups is 1. The largest absolute Gasteiger partial charge is 0.380 e. The molecule has 1 unspecified atom stereocenters. The molecule has 1 aromatic carbocycles. The van der Waals surface area contributed by atoms with Gasteiger partial charge in [0.25, 0.3) is 0 Å². The maximum atomic E-state index is 6.05. The Hall–Kier alpha value is -0.260. The molecule has 0 amide bonds. The van der Waals surface area contributed by atoms with Crippen molar-refractivity contribution in [3.8, 4) is 0 Å². The quantitative estimate of drug-likeness (QED) is 0.449. The van der Waals surface area contributed by atoms with Gasteiger partial charge in [-0.05, 0) is 19.1 Å². The summed E-state index contributed by atoms with van der Waals surface area (Å²) < 4.78 is 5.32. The summed E-state index contributed by atoms with van der Waals surface area (Å²) in [7, 11) is 0. The van der Waals surface area contributed by atoms with E-state index in [9.17, 15) is 0 Å². The molecule has 1 rings (SSSR count). The van der Waals surface area contributed by atoms with Crippen molar-refractivity contribution in [2.24, 2.45) is 5.84 Å². The summed E-state index contributed by atoms with van der Waals surface area (Å²) in [5.41, 5.74) is 2.74. The van der Waals surface area contributed by atoms with Crippen molar-refractivity contribution in [2.75, 3.05) is 19.0 Å². The Morgan fingerprint density at radius 2 is 2.25 bits per heavy atom. The second-order valence-corrected chi connectivity index (χ2v) is 4.73. The molecule has 0 heterocycles. The van der Waals surface area contributed by atoms with Crippen LogP contribution in [0.2, 0.25) is 5.02 Å². The van der Waals surface area contributed by atoms with Crippen LogP contribution in [-0.2, 0) is 4.74 Å². The molecule has 0 radical (unpaired) electrons. The van der Waals surface area contributed by atoms with E-state index in [1.165, 1.54) is 0 Å². The van der Waals surface area contributed by atoms with Crippen molar-refractivity contribution >= 4 is 23.4 Å². The zero-order valence-corrected chi connectivity index (χ0v) is 10.9. The molecule has 0 spiro atoms. The monoisotopic (exact) mass is 260 g/mol. The van der Waals surface area contributed by atoms with Gasteiger partial charge in [-0.2, -0.15) is 0 Å². The van der Waals surface area contributed by atoms with E-state index < -0.39 is 0 Å². The Bertz CT molecular complexity index is 312. The molecule has 5 heteroatoms. The highest BCUT2D eigenvalue weighted by molar-refractivity contribution is 7.99. The number of nitrogens with one attached hydrogen (secondary N) is 1. The molecule has 1 aromatic rings. The van der Waals surface area contributed by atoms with Crippen LogP contribution in [0.25, 0.3) is 0 Å². The van der Waals surface area contributed by atoms with Crippen LogP contribution in [0.1, 0.15) is 6.92 Å². The normalized spacial score (nSPS) is 12.7. The molecule has 3 nitrogen and oxygen atoms in total. The molecule has 0 aliphatic carbocycles. The van der Waals surface area contributed by atoms with Gasteiger partial charge >= 0.3 is 0 Å². The third kappa shape index (κ3) is 4.72. The third-order valence-corrected chi connectivity index (χ3v) is 3.71. The highest BCUT2D eigenvalue weighted by atomic mass is 35.5. The molecule has 1 atom stereocenters. The first-order valence-corrected chi connectivity index (χ1v) is 6.55. The van der Waals surface area contributed by atoms with Crippen molar-refractivity contribution in [3.63, 3.8) is 0 Å². The van der Waals surface area contributed by atoms with E-state index in [1.807, 2.05) is 31.2 Å². The fourth-order valence-electron chi connectivity index (χ4n) is 1.16. The Kier molecular flexibility index (Phi) is 6.84. The van der Waals surface area contributed by atoms with Crippen molar-refractivity contribution in [1.82, 2.24) is 5.43 Å². The van der Waals surface area contributed by atoms with Gasteiger partial charge in [-0.1, -0.05) is 23.7 Å². The lowest BCUT2D eigenvalue weighted by Crippen LogP contribution is -2.40. The van der Waals surface area contributed by atoms with Crippen LogP contribution in [0, 0.1) is 0 Å². The lowest BCUT2D eigenvalue weighted by atomic mass is 10.4. The van der Waals surface area contributed by atoms with E-state index in [2.05, 4.69) is 5.43 Å². The van der Waals surface area contributed by atoms with Gasteiger partial charge in [0.15, 0.2) is 0 Å². The Morgan fingerprint density at radius 1 is 1.50 bits per heavy atom. The number of rotatable bonds is 7. The summed E-state index contributed by atoms with van der Waals surface area (Å²) in [4.78, 5) is 1.07. The number of benzene rings is 1. The molecule has 16 heavy (non-hydrogen) atoms. The van der Waals surface area contributed by atoms with E-state index in [0.29, 0.717) is 13.2 Å². The fraction of sp³-hybridized carbons (Fsp3) is 0.455. The van der Waals surface area contributed by atoms with Crippen LogP contribution in [0.5, 0.6) is 0 Å². The van der Waals surface area contributed by atoms with Crippen molar-refractivity contribution in [3.05, 3.63) is 29.3 Å². The number of hydrazine groups is 1. The Balaban J connectivity index is 2.40. The first kappa shape index (κ1) is 13.8. The van der Waals surface area contributed by atoms with Crippen LogP contribution in [-0.4, -0.2) is 25.0 Å². The smallest absolute Gasteiger partial charge is 0.0641 e. The van der Waals surface area contributed by atoms with Gasteiger partial charge in [-0.25, -0.2) is 0 Å². The number of ether oxygens (including phenoxy) is 1. The van der Waals surface area contributed by atoms with Gasteiger partial charge in [-0.3, -0.25) is 11.3 Å². The highest BCUT2D eigenvalue weighted by Crippen LogP contribution is 2.26. The van der Waals surface area contributed by atoms with E-state index >= 15 is 0 Å². The average Bonchev–Trinajstić information content (AvgIpc) is 2.31. The van der Waals surface area contributed by atoms with Crippen LogP contribution < -0.4 is 11.3 Å². The maximum Gasteiger partial charge on any atom is 0.0641 e. The average molecular weight is 261 g/mol. The second-order valence-electron chi connectivity index (χ2n) is 3.26. The first-order chi connectivity index (χ1) is 7.77. The summed E-state index contributed by atoms with van der Waals surface area (Å²) in [6.07, 6.45) is 0. The third-order valence-electron chi connectivity index (χ3n) is 2.04. The summed E-state index contributed by atoms with van der Waals surface area (Å²) in [5, 5.41) is 0.777. The molecule has 0 aliphatic heterocycles. The minimum atomic E-state index is 0.140. The number of hydrogen-bond donors (Lipinski definition) is 2. The number of hydrogen-bond acceptors (Lipinski definition) is 4. The molecule has 3 N–H and O–H groups in total. The van der Waals surface area contributed by atoms with Gasteiger partial charge in [0.2, 0.25) is 0 Å². The molecular formula is C11H17ClN2OS. The van der Waals surface area contributed by atoms with Gasteiger partial charge < -0.3 is 4.74 Å². The number of nitrogens with two attached hydrogens (primary N) is 1. The lowest BCUT2D eigenvalue weighted by molar-refractivity contribution is 0.129. The van der Waals surface area contributed by atoms with Crippen LogP contribution in [0.15, 0.2) is 29.2 Å². The van der Waals surface area contributed by atoms with Gasteiger partial charge in [0.1, 0.15) is 0 Å². The standard InChI is InChI=1S/C11H17ClN2OS/c1-2-15-7-9(14-13)8-16-11-6-4-3-5-10(11)12/h3-6,9,14H,2,7-8,13H2,1H3. The lowest BCUT2D eigenvalue weighted by Gasteiger charge is -2.15. The van der Waals surface area contributed by atoms with E-state index in [-0.39, 0.29) is 6.04 Å². The first-order valence-electron chi connectivity index (χ1n) is 5.19. The fourth-order valence-corrected chi connectivity index (χ4v) is 2.41. The molecule has 0 saturated heterocycles. The highest BCUT2D eigenvalue weighted by Gasteiger charge is 2.08. The summed E-state index contributed by atoms with van der Waals surface area (Å²) in [6.45, 7) is 3.29. The zero-order valence-electron chi connectivity index (χ0n) is 9.28. The predicted molar refractivity (Wildman–Crippen MR) is 69.8 cm³/mol. The number of halogens is 1. The Labute approximate surface area is 106 Å². The SMILES string of the molecule is CCOCC(CSc1ccccc1Cl)NN. The van der Waals surface area contributed by atoms with Crippen LogP contribution in [0.4, 0.5) is 0 Å². The van der Waals surface area contributed by atoms with E-state index in [0.717, 1.165) is 15.7 Å². The van der Waals surface area contributed by atoms with E-state index in [1.54, 1.807) is 11.8 Å². The molecule has 0 aromatic heterocycles. The molecular weight excluding hydrogens is 244 g/mol. The summed E-state index contributed by atoms with van der Waals surface area (Å²) in [6, 6.07) is 7.92. The zero-order chi connectivity index (χ0) is 11.8. The second kappa shape index (κ2) is 7.92. The minimum absolute atomic E-state index is 0.140. The summed E-state index contributed by atoms with van der Waals surface area (Å²) in [5.74, 6) is 6.27. The minimum Gasteiger partial charge on any atom is -0.380 e. The molecule has 0 saturated carbocycles. The Morgan fingerprint density at radius 3 is 2.88 bits per heavy atom.